The molecule has 0 radical (unpaired) electrons. The van der Waals surface area contributed by atoms with Gasteiger partial charge in [0.2, 0.25) is 5.91 Å². The Balaban J connectivity index is 2.14. The molecule has 1 atom stereocenters. The molecule has 2 rings (SSSR count). The molecular weight excluding hydrogens is 184 g/mol. The second-order valence-corrected chi connectivity index (χ2v) is 4.59. The van der Waals surface area contributed by atoms with E-state index in [-0.39, 0.29) is 11.9 Å². The molecule has 0 N–H and O–H groups in total. The normalized spacial score (nSPS) is 21.4. The summed E-state index contributed by atoms with van der Waals surface area (Å²) in [6.45, 7) is 4.54. The standard InChI is InChI=1S/C9H12N2OS/c1-6-5-10-9(13-6)8-3-4-11(8)7(2)12/h5,8H,3-4H2,1-2H3. The van der Waals surface area contributed by atoms with E-state index in [4.69, 9.17) is 0 Å². The van der Waals surface area contributed by atoms with Crippen LogP contribution in [0.25, 0.3) is 0 Å². The van der Waals surface area contributed by atoms with Gasteiger partial charge in [-0.3, -0.25) is 4.79 Å². The maximum absolute atomic E-state index is 11.1. The van der Waals surface area contributed by atoms with Crippen LogP contribution in [0.5, 0.6) is 0 Å². The summed E-state index contributed by atoms with van der Waals surface area (Å²) in [5.74, 6) is 0.157. The molecule has 1 aromatic heterocycles. The number of nitrogens with zero attached hydrogens (tertiary/aromatic N) is 2. The highest BCUT2D eigenvalue weighted by Gasteiger charge is 2.33. The second-order valence-electron chi connectivity index (χ2n) is 3.33. The van der Waals surface area contributed by atoms with Gasteiger partial charge in [-0.25, -0.2) is 4.98 Å². The van der Waals surface area contributed by atoms with Gasteiger partial charge in [-0.1, -0.05) is 0 Å². The molecule has 1 aromatic rings. The summed E-state index contributed by atoms with van der Waals surface area (Å²) in [6, 6.07) is 0.260. The maximum Gasteiger partial charge on any atom is 0.220 e. The topological polar surface area (TPSA) is 33.2 Å². The third-order valence-electron chi connectivity index (χ3n) is 2.35. The van der Waals surface area contributed by atoms with Crippen LogP contribution in [0.2, 0.25) is 0 Å². The number of aryl methyl sites for hydroxylation is 1. The van der Waals surface area contributed by atoms with E-state index in [0.29, 0.717) is 0 Å². The molecule has 13 heavy (non-hydrogen) atoms. The van der Waals surface area contributed by atoms with Crippen molar-refractivity contribution in [2.75, 3.05) is 6.54 Å². The van der Waals surface area contributed by atoms with Crippen LogP contribution in [0.15, 0.2) is 6.20 Å². The first-order valence-electron chi connectivity index (χ1n) is 4.38. The lowest BCUT2D eigenvalue weighted by Crippen LogP contribution is -2.43. The largest absolute Gasteiger partial charge is 0.333 e. The number of amides is 1. The molecule has 0 aromatic carbocycles. The Labute approximate surface area is 81.4 Å². The first-order valence-corrected chi connectivity index (χ1v) is 5.19. The molecule has 3 nitrogen and oxygen atoms in total. The van der Waals surface area contributed by atoms with Crippen LogP contribution in [-0.4, -0.2) is 22.3 Å². The molecule has 0 spiro atoms. The molecule has 0 aliphatic carbocycles. The van der Waals surface area contributed by atoms with Gasteiger partial charge in [0, 0.05) is 24.5 Å². The second kappa shape index (κ2) is 3.10. The number of carbonyl (C=O) groups excluding carboxylic acids is 1. The number of hydrogen-bond acceptors (Lipinski definition) is 3. The first-order chi connectivity index (χ1) is 6.18. The van der Waals surface area contributed by atoms with Gasteiger partial charge in [0.1, 0.15) is 5.01 Å². The number of aromatic nitrogens is 1. The van der Waals surface area contributed by atoms with E-state index in [1.165, 1.54) is 4.88 Å². The molecule has 4 heteroatoms. The van der Waals surface area contributed by atoms with Crippen molar-refractivity contribution in [2.45, 2.75) is 26.3 Å². The van der Waals surface area contributed by atoms with Crippen molar-refractivity contribution < 1.29 is 4.79 Å². The number of hydrogen-bond donors (Lipinski definition) is 0. The monoisotopic (exact) mass is 196 g/mol. The first kappa shape index (κ1) is 8.69. The van der Waals surface area contributed by atoms with Crippen molar-refractivity contribution in [3.63, 3.8) is 0 Å². The van der Waals surface area contributed by atoms with Crippen molar-refractivity contribution in [2.24, 2.45) is 0 Å². The summed E-state index contributed by atoms with van der Waals surface area (Å²) in [5, 5.41) is 1.08. The van der Waals surface area contributed by atoms with Gasteiger partial charge in [-0.05, 0) is 13.3 Å². The highest BCUT2D eigenvalue weighted by molar-refractivity contribution is 7.11. The van der Waals surface area contributed by atoms with Crippen molar-refractivity contribution in [1.82, 2.24) is 9.88 Å². The lowest BCUT2D eigenvalue weighted by atomic mass is 10.0. The molecule has 1 amide bonds. The maximum atomic E-state index is 11.1. The Kier molecular flexibility index (Phi) is 2.07. The van der Waals surface area contributed by atoms with Crippen molar-refractivity contribution in [3.8, 4) is 0 Å². The third kappa shape index (κ3) is 1.46. The smallest absolute Gasteiger partial charge is 0.220 e. The molecule has 1 saturated heterocycles. The zero-order valence-corrected chi connectivity index (χ0v) is 8.60. The average molecular weight is 196 g/mol. The van der Waals surface area contributed by atoms with Gasteiger partial charge in [0.05, 0.1) is 6.04 Å². The number of rotatable bonds is 1. The molecule has 1 fully saturated rings. The highest BCUT2D eigenvalue weighted by Crippen LogP contribution is 2.35. The van der Waals surface area contributed by atoms with Crippen LogP contribution in [0, 0.1) is 6.92 Å². The highest BCUT2D eigenvalue weighted by atomic mass is 32.1. The lowest BCUT2D eigenvalue weighted by molar-refractivity contribution is -0.136. The minimum atomic E-state index is 0.157. The van der Waals surface area contributed by atoms with Crippen LogP contribution < -0.4 is 0 Å². The zero-order chi connectivity index (χ0) is 9.42. The summed E-state index contributed by atoms with van der Waals surface area (Å²) >= 11 is 1.69. The van der Waals surface area contributed by atoms with Gasteiger partial charge >= 0.3 is 0 Å². The van der Waals surface area contributed by atoms with Crippen molar-refractivity contribution in [3.05, 3.63) is 16.1 Å². The minimum Gasteiger partial charge on any atom is -0.333 e. The average Bonchev–Trinajstić information content (AvgIpc) is 2.32. The summed E-state index contributed by atoms with van der Waals surface area (Å²) < 4.78 is 0. The Morgan fingerprint density at radius 1 is 1.77 bits per heavy atom. The number of thiazole rings is 1. The van der Waals surface area contributed by atoms with Gasteiger partial charge in [-0.15, -0.1) is 11.3 Å². The summed E-state index contributed by atoms with van der Waals surface area (Å²) in [6.07, 6.45) is 2.93. The fraction of sp³-hybridized carbons (Fsp3) is 0.556. The van der Waals surface area contributed by atoms with Crippen LogP contribution >= 0.6 is 11.3 Å². The fourth-order valence-corrected chi connectivity index (χ4v) is 2.47. The van der Waals surface area contributed by atoms with E-state index >= 15 is 0 Å². The van der Waals surface area contributed by atoms with Crippen LogP contribution in [-0.2, 0) is 4.79 Å². The van der Waals surface area contributed by atoms with Crippen molar-refractivity contribution in [1.29, 1.82) is 0 Å². The van der Waals surface area contributed by atoms with Crippen molar-refractivity contribution >= 4 is 17.2 Å². The SMILES string of the molecule is CC(=O)N1CCC1c1ncc(C)s1. The van der Waals surface area contributed by atoms with E-state index in [9.17, 15) is 4.79 Å². The Morgan fingerprint density at radius 2 is 2.54 bits per heavy atom. The predicted octanol–water partition coefficient (Wildman–Crippen LogP) is 1.74. The molecule has 1 aliphatic rings. The van der Waals surface area contributed by atoms with Crippen LogP contribution in [0.1, 0.15) is 29.3 Å². The number of carbonyl (C=O) groups is 1. The molecular formula is C9H12N2OS. The molecule has 2 heterocycles. The molecule has 70 valence electrons. The summed E-state index contributed by atoms with van der Waals surface area (Å²) in [7, 11) is 0. The Morgan fingerprint density at radius 3 is 2.92 bits per heavy atom. The Bertz CT molecular complexity index is 334. The van der Waals surface area contributed by atoms with E-state index in [2.05, 4.69) is 4.98 Å². The molecule has 1 unspecified atom stereocenters. The third-order valence-corrected chi connectivity index (χ3v) is 3.36. The van der Waals surface area contributed by atoms with Crippen LogP contribution in [0.3, 0.4) is 0 Å². The summed E-state index contributed by atoms with van der Waals surface area (Å²) in [5.41, 5.74) is 0. The molecule has 0 bridgehead atoms. The van der Waals surface area contributed by atoms with Gasteiger partial charge < -0.3 is 4.90 Å². The van der Waals surface area contributed by atoms with Gasteiger partial charge in [-0.2, -0.15) is 0 Å². The molecule has 0 saturated carbocycles. The fourth-order valence-electron chi connectivity index (χ4n) is 1.55. The number of likely N-dealkylation sites (tertiary alicyclic amines) is 1. The Hall–Kier alpha value is -0.900. The van der Waals surface area contributed by atoms with Gasteiger partial charge in [0.25, 0.3) is 0 Å². The predicted molar refractivity (Wildman–Crippen MR) is 51.6 cm³/mol. The van der Waals surface area contributed by atoms with E-state index in [1.54, 1.807) is 18.3 Å². The molecule has 1 aliphatic heterocycles. The van der Waals surface area contributed by atoms with Crippen LogP contribution in [0.4, 0.5) is 0 Å². The van der Waals surface area contributed by atoms with E-state index < -0.39 is 0 Å². The minimum absolute atomic E-state index is 0.157. The summed E-state index contributed by atoms with van der Waals surface area (Å²) in [4.78, 5) is 18.5. The lowest BCUT2D eigenvalue weighted by Gasteiger charge is -2.38. The van der Waals surface area contributed by atoms with E-state index in [1.807, 2.05) is 18.0 Å². The quantitative estimate of drug-likeness (QED) is 0.685. The zero-order valence-electron chi connectivity index (χ0n) is 7.78. The van der Waals surface area contributed by atoms with E-state index in [0.717, 1.165) is 18.0 Å². The van der Waals surface area contributed by atoms with Gasteiger partial charge in [0.15, 0.2) is 0 Å².